The van der Waals surface area contributed by atoms with Gasteiger partial charge in [0.1, 0.15) is 5.73 Å². The molecule has 0 spiro atoms. The summed E-state index contributed by atoms with van der Waals surface area (Å²) in [6.07, 6.45) is 3.47. The number of benzene rings is 1. The number of halogens is 1. The molecule has 0 aromatic heterocycles. The number of thioether (sulfide) groups is 1. The zero-order valence-corrected chi connectivity index (χ0v) is 13.4. The fourth-order valence-electron chi connectivity index (χ4n) is 1.88. The van der Waals surface area contributed by atoms with Crippen molar-refractivity contribution in [2.45, 2.75) is 43.8 Å². The molecule has 1 aliphatic rings. The van der Waals surface area contributed by atoms with Gasteiger partial charge in [-0.05, 0) is 57.7 Å². The van der Waals surface area contributed by atoms with Gasteiger partial charge in [-0.3, -0.25) is 0 Å². The van der Waals surface area contributed by atoms with Crippen LogP contribution in [0.3, 0.4) is 0 Å². The van der Waals surface area contributed by atoms with Crippen molar-refractivity contribution in [3.8, 4) is 0 Å². The third-order valence-electron chi connectivity index (χ3n) is 3.90. The molecule has 1 heterocycles. The molecule has 0 saturated carbocycles. The van der Waals surface area contributed by atoms with Crippen LogP contribution in [0.25, 0.3) is 6.08 Å². The molecule has 1 aromatic carbocycles. The summed E-state index contributed by atoms with van der Waals surface area (Å²) in [5, 5.41) is 0. The van der Waals surface area contributed by atoms with Gasteiger partial charge in [0.25, 0.3) is 0 Å². The highest BCUT2D eigenvalue weighted by Crippen LogP contribution is 2.39. The van der Waals surface area contributed by atoms with Crippen LogP contribution in [0.5, 0.6) is 0 Å². The van der Waals surface area contributed by atoms with Crippen LogP contribution in [0, 0.1) is 0 Å². The van der Waals surface area contributed by atoms with Crippen molar-refractivity contribution in [2.24, 2.45) is 0 Å². The molecule has 0 atom stereocenters. The summed E-state index contributed by atoms with van der Waals surface area (Å²) in [7, 11) is -0.930. The fraction of sp³-hybridized carbons (Fsp3) is 0.467. The molecule has 20 heavy (non-hydrogen) atoms. The van der Waals surface area contributed by atoms with E-state index in [9.17, 15) is 4.39 Å². The van der Waals surface area contributed by atoms with E-state index in [-0.39, 0.29) is 0 Å². The maximum absolute atomic E-state index is 14.3. The van der Waals surface area contributed by atoms with Crippen LogP contribution in [0.1, 0.15) is 33.3 Å². The second kappa shape index (κ2) is 5.55. The monoisotopic (exact) mass is 294 g/mol. The van der Waals surface area contributed by atoms with Gasteiger partial charge in [0.15, 0.2) is 0 Å². The molecule has 0 bridgehead atoms. The van der Waals surface area contributed by atoms with E-state index in [2.05, 4.69) is 0 Å². The van der Waals surface area contributed by atoms with Crippen molar-refractivity contribution in [1.82, 2.24) is 0 Å². The normalized spacial score (nSPS) is 21.3. The van der Waals surface area contributed by atoms with Crippen molar-refractivity contribution in [3.05, 3.63) is 35.6 Å². The minimum atomic E-state index is -0.930. The van der Waals surface area contributed by atoms with Crippen LogP contribution < -0.4 is 0 Å². The predicted octanol–water partition coefficient (Wildman–Crippen LogP) is 4.35. The molecule has 1 aliphatic heterocycles. The van der Waals surface area contributed by atoms with Crippen molar-refractivity contribution < 1.29 is 13.7 Å². The minimum absolute atomic E-state index is 0.402. The fourth-order valence-corrected chi connectivity index (χ4v) is 2.29. The Morgan fingerprint density at radius 2 is 1.60 bits per heavy atom. The number of hydrogen-bond acceptors (Lipinski definition) is 3. The molecule has 2 rings (SSSR count). The summed E-state index contributed by atoms with van der Waals surface area (Å²) < 4.78 is 25.6. The van der Waals surface area contributed by atoms with E-state index >= 15 is 0 Å². The Hall–Kier alpha value is -0.775. The summed E-state index contributed by atoms with van der Waals surface area (Å²) in [6, 6.07) is 7.70. The van der Waals surface area contributed by atoms with E-state index < -0.39 is 24.0 Å². The standard InChI is InChI=1S/C15H20BFO2S/c1-14(2)15(3,4)19-16(18-14)13(17)10-11-6-8-12(20-5)9-7-11/h6-10H,1-5H3. The van der Waals surface area contributed by atoms with Crippen LogP contribution in [-0.2, 0) is 9.31 Å². The summed E-state index contributed by atoms with van der Waals surface area (Å²) in [6.45, 7) is 7.64. The Balaban J connectivity index is 2.15. The van der Waals surface area contributed by atoms with E-state index in [1.54, 1.807) is 11.8 Å². The molecule has 5 heteroatoms. The van der Waals surface area contributed by atoms with E-state index in [4.69, 9.17) is 9.31 Å². The van der Waals surface area contributed by atoms with E-state index in [0.717, 1.165) is 10.5 Å². The Bertz CT molecular complexity index is 495. The van der Waals surface area contributed by atoms with Gasteiger partial charge in [0.2, 0.25) is 0 Å². The van der Waals surface area contributed by atoms with Gasteiger partial charge in [-0.25, -0.2) is 4.39 Å². The highest BCUT2D eigenvalue weighted by molar-refractivity contribution is 7.98. The van der Waals surface area contributed by atoms with Crippen LogP contribution in [0.15, 0.2) is 34.9 Å². The Morgan fingerprint density at radius 1 is 1.10 bits per heavy atom. The second-order valence-corrected chi connectivity index (χ2v) is 6.77. The smallest absolute Gasteiger partial charge is 0.398 e. The van der Waals surface area contributed by atoms with Gasteiger partial charge in [-0.15, -0.1) is 11.8 Å². The molecule has 1 aromatic rings. The van der Waals surface area contributed by atoms with E-state index in [0.29, 0.717) is 0 Å². The predicted molar refractivity (Wildman–Crippen MR) is 83.4 cm³/mol. The Labute approximate surface area is 124 Å². The SMILES string of the molecule is CSc1ccc(C=C(F)B2OC(C)(C)C(C)(C)O2)cc1. The average Bonchev–Trinajstić information content (AvgIpc) is 2.59. The van der Waals surface area contributed by atoms with Gasteiger partial charge >= 0.3 is 7.12 Å². The lowest BCUT2D eigenvalue weighted by molar-refractivity contribution is 0.00578. The summed E-state index contributed by atoms with van der Waals surface area (Å²) >= 11 is 1.66. The third kappa shape index (κ3) is 3.10. The highest BCUT2D eigenvalue weighted by atomic mass is 32.2. The van der Waals surface area contributed by atoms with Gasteiger partial charge in [0.05, 0.1) is 11.2 Å². The molecule has 0 N–H and O–H groups in total. The number of hydrogen-bond donors (Lipinski definition) is 0. The van der Waals surface area contributed by atoms with Gasteiger partial charge in [0, 0.05) is 4.90 Å². The first-order valence-electron chi connectivity index (χ1n) is 6.62. The summed E-state index contributed by atoms with van der Waals surface area (Å²) in [5.41, 5.74) is -0.646. The number of rotatable bonds is 3. The quantitative estimate of drug-likeness (QED) is 0.610. The Morgan fingerprint density at radius 3 is 2.05 bits per heavy atom. The molecule has 0 unspecified atom stereocenters. The maximum Gasteiger partial charge on any atom is 0.525 e. The zero-order chi connectivity index (χ0) is 15.0. The lowest BCUT2D eigenvalue weighted by Crippen LogP contribution is -2.41. The lowest BCUT2D eigenvalue weighted by Gasteiger charge is -2.32. The van der Waals surface area contributed by atoms with Crippen LogP contribution in [0.4, 0.5) is 4.39 Å². The first kappa shape index (κ1) is 15.6. The molecule has 1 fully saturated rings. The highest BCUT2D eigenvalue weighted by Gasteiger charge is 2.52. The van der Waals surface area contributed by atoms with Crippen molar-refractivity contribution in [2.75, 3.05) is 6.26 Å². The molecule has 0 aliphatic carbocycles. The molecule has 2 nitrogen and oxygen atoms in total. The maximum atomic E-state index is 14.3. The summed E-state index contributed by atoms with van der Waals surface area (Å²) in [5.74, 6) is 0. The first-order valence-corrected chi connectivity index (χ1v) is 7.84. The minimum Gasteiger partial charge on any atom is -0.398 e. The van der Waals surface area contributed by atoms with Gasteiger partial charge in [-0.1, -0.05) is 12.1 Å². The van der Waals surface area contributed by atoms with Crippen molar-refractivity contribution in [3.63, 3.8) is 0 Å². The Kier molecular flexibility index (Phi) is 4.33. The van der Waals surface area contributed by atoms with Crippen LogP contribution >= 0.6 is 11.8 Å². The van der Waals surface area contributed by atoms with Crippen LogP contribution in [-0.4, -0.2) is 24.6 Å². The van der Waals surface area contributed by atoms with Gasteiger partial charge < -0.3 is 9.31 Å². The van der Waals surface area contributed by atoms with Crippen molar-refractivity contribution >= 4 is 25.0 Å². The lowest BCUT2D eigenvalue weighted by atomic mass is 9.87. The molecular weight excluding hydrogens is 274 g/mol. The molecule has 108 valence electrons. The molecule has 0 radical (unpaired) electrons. The zero-order valence-electron chi connectivity index (χ0n) is 12.6. The van der Waals surface area contributed by atoms with Gasteiger partial charge in [-0.2, -0.15) is 0 Å². The second-order valence-electron chi connectivity index (χ2n) is 5.89. The van der Waals surface area contributed by atoms with Crippen molar-refractivity contribution in [1.29, 1.82) is 0 Å². The first-order chi connectivity index (χ1) is 9.25. The summed E-state index contributed by atoms with van der Waals surface area (Å²) in [4.78, 5) is 1.15. The molecular formula is C15H20BFO2S. The average molecular weight is 294 g/mol. The molecule has 0 amide bonds. The topological polar surface area (TPSA) is 18.5 Å². The molecule has 1 saturated heterocycles. The third-order valence-corrected chi connectivity index (χ3v) is 4.64. The largest absolute Gasteiger partial charge is 0.525 e. The van der Waals surface area contributed by atoms with E-state index in [1.807, 2.05) is 58.2 Å². The van der Waals surface area contributed by atoms with Crippen LogP contribution in [0.2, 0.25) is 0 Å². The van der Waals surface area contributed by atoms with E-state index in [1.165, 1.54) is 6.08 Å².